The fourth-order valence-electron chi connectivity index (χ4n) is 1.19. The summed E-state index contributed by atoms with van der Waals surface area (Å²) in [4.78, 5) is 3.98. The van der Waals surface area contributed by atoms with Crippen molar-refractivity contribution in [1.29, 1.82) is 0 Å². The zero-order valence-electron chi connectivity index (χ0n) is 7.87. The van der Waals surface area contributed by atoms with Crippen molar-refractivity contribution < 1.29 is 0 Å². The molecule has 0 atom stereocenters. The van der Waals surface area contributed by atoms with Gasteiger partial charge in [0, 0.05) is 5.02 Å². The van der Waals surface area contributed by atoms with Gasteiger partial charge in [0.15, 0.2) is 0 Å². The normalized spacial score (nSPS) is 10.2. The summed E-state index contributed by atoms with van der Waals surface area (Å²) >= 11 is 5.78. The Morgan fingerprint density at radius 2 is 2.33 bits per heavy atom. The van der Waals surface area contributed by atoms with Crippen molar-refractivity contribution in [3.8, 4) is 0 Å². The molecule has 6 heteroatoms. The van der Waals surface area contributed by atoms with Crippen LogP contribution in [0.2, 0.25) is 5.02 Å². The van der Waals surface area contributed by atoms with Crippen molar-refractivity contribution in [2.75, 3.05) is 11.1 Å². The Morgan fingerprint density at radius 1 is 1.47 bits per heavy atom. The number of anilines is 2. The molecule has 1 aromatic carbocycles. The van der Waals surface area contributed by atoms with E-state index in [9.17, 15) is 0 Å². The van der Waals surface area contributed by atoms with Crippen LogP contribution in [0, 0.1) is 0 Å². The van der Waals surface area contributed by atoms with Crippen LogP contribution in [-0.2, 0) is 6.54 Å². The Balaban J connectivity index is 2.05. The molecule has 0 aliphatic rings. The highest BCUT2D eigenvalue weighted by Gasteiger charge is 2.00. The quantitative estimate of drug-likeness (QED) is 0.692. The second-order valence-corrected chi connectivity index (χ2v) is 3.45. The van der Waals surface area contributed by atoms with Gasteiger partial charge in [-0.15, -0.1) is 0 Å². The van der Waals surface area contributed by atoms with Gasteiger partial charge in [-0.3, -0.25) is 5.10 Å². The summed E-state index contributed by atoms with van der Waals surface area (Å²) in [6.07, 6.45) is 1.46. The minimum atomic E-state index is 0.547. The molecule has 0 aliphatic carbocycles. The maximum atomic E-state index is 5.78. The summed E-state index contributed by atoms with van der Waals surface area (Å²) in [5, 5.41) is 10.2. The molecule has 0 amide bonds. The van der Waals surface area contributed by atoms with Crippen molar-refractivity contribution in [3.63, 3.8) is 0 Å². The standard InChI is InChI=1S/C9H10ClN5/c10-6-1-2-8(7(11)3-6)12-4-9-13-5-14-15-9/h1-3,5,12H,4,11H2,(H,13,14,15). The minimum absolute atomic E-state index is 0.547. The van der Waals surface area contributed by atoms with Crippen LogP contribution in [0.25, 0.3) is 0 Å². The highest BCUT2D eigenvalue weighted by Crippen LogP contribution is 2.22. The summed E-state index contributed by atoms with van der Waals surface area (Å²) in [6.45, 7) is 0.547. The van der Waals surface area contributed by atoms with E-state index in [0.717, 1.165) is 11.5 Å². The molecule has 15 heavy (non-hydrogen) atoms. The average molecular weight is 224 g/mol. The zero-order chi connectivity index (χ0) is 10.7. The van der Waals surface area contributed by atoms with Gasteiger partial charge in [-0.05, 0) is 18.2 Å². The van der Waals surface area contributed by atoms with Crippen molar-refractivity contribution in [2.24, 2.45) is 0 Å². The van der Waals surface area contributed by atoms with Crippen LogP contribution in [0.15, 0.2) is 24.5 Å². The summed E-state index contributed by atoms with van der Waals surface area (Å²) in [5.41, 5.74) is 7.21. The molecule has 0 spiro atoms. The number of nitrogen functional groups attached to an aromatic ring is 1. The summed E-state index contributed by atoms with van der Waals surface area (Å²) < 4.78 is 0. The molecule has 5 nitrogen and oxygen atoms in total. The van der Waals surface area contributed by atoms with Crippen LogP contribution < -0.4 is 11.1 Å². The van der Waals surface area contributed by atoms with Crippen molar-refractivity contribution in [3.05, 3.63) is 35.4 Å². The second-order valence-electron chi connectivity index (χ2n) is 3.02. The van der Waals surface area contributed by atoms with E-state index in [1.165, 1.54) is 6.33 Å². The molecule has 0 saturated heterocycles. The lowest BCUT2D eigenvalue weighted by atomic mass is 10.2. The molecule has 2 rings (SSSR count). The molecule has 0 saturated carbocycles. The second kappa shape index (κ2) is 4.18. The molecule has 0 unspecified atom stereocenters. The number of hydrogen-bond acceptors (Lipinski definition) is 4. The first kappa shape index (κ1) is 9.79. The molecule has 78 valence electrons. The fraction of sp³-hybridized carbons (Fsp3) is 0.111. The number of nitrogens with one attached hydrogen (secondary N) is 2. The number of halogens is 1. The highest BCUT2D eigenvalue weighted by atomic mass is 35.5. The number of benzene rings is 1. The maximum absolute atomic E-state index is 5.78. The molecule has 2 aromatic rings. The van der Waals surface area contributed by atoms with E-state index in [1.807, 2.05) is 6.07 Å². The Morgan fingerprint density at radius 3 is 3.00 bits per heavy atom. The first-order chi connectivity index (χ1) is 7.25. The number of nitrogens with two attached hydrogens (primary N) is 1. The van der Waals surface area contributed by atoms with Gasteiger partial charge in [-0.25, -0.2) is 4.98 Å². The van der Waals surface area contributed by atoms with E-state index >= 15 is 0 Å². The van der Waals surface area contributed by atoms with Gasteiger partial charge in [-0.2, -0.15) is 5.10 Å². The van der Waals surface area contributed by atoms with E-state index in [-0.39, 0.29) is 0 Å². The van der Waals surface area contributed by atoms with Gasteiger partial charge in [0.25, 0.3) is 0 Å². The summed E-state index contributed by atoms with van der Waals surface area (Å²) in [7, 11) is 0. The molecule has 0 radical (unpaired) electrons. The predicted molar refractivity (Wildman–Crippen MR) is 59.6 cm³/mol. The largest absolute Gasteiger partial charge is 0.397 e. The zero-order valence-corrected chi connectivity index (χ0v) is 8.62. The fourth-order valence-corrected chi connectivity index (χ4v) is 1.37. The van der Waals surface area contributed by atoms with Crippen LogP contribution in [0.5, 0.6) is 0 Å². The number of H-pyrrole nitrogens is 1. The smallest absolute Gasteiger partial charge is 0.143 e. The topological polar surface area (TPSA) is 79.6 Å². The lowest BCUT2D eigenvalue weighted by molar-refractivity contribution is 0.955. The molecule has 0 bridgehead atoms. The maximum Gasteiger partial charge on any atom is 0.143 e. The molecule has 4 N–H and O–H groups in total. The minimum Gasteiger partial charge on any atom is -0.397 e. The summed E-state index contributed by atoms with van der Waals surface area (Å²) in [5.74, 6) is 0.754. The van der Waals surface area contributed by atoms with E-state index < -0.39 is 0 Å². The number of rotatable bonds is 3. The first-order valence-corrected chi connectivity index (χ1v) is 4.76. The van der Waals surface area contributed by atoms with Gasteiger partial charge >= 0.3 is 0 Å². The van der Waals surface area contributed by atoms with Crippen molar-refractivity contribution in [1.82, 2.24) is 15.2 Å². The number of aromatic amines is 1. The molecule has 1 heterocycles. The predicted octanol–water partition coefficient (Wildman–Crippen LogP) is 1.65. The average Bonchev–Trinajstić information content (AvgIpc) is 2.69. The van der Waals surface area contributed by atoms with E-state index in [1.54, 1.807) is 12.1 Å². The first-order valence-electron chi connectivity index (χ1n) is 4.39. The van der Waals surface area contributed by atoms with E-state index in [0.29, 0.717) is 17.3 Å². The lowest BCUT2D eigenvalue weighted by Crippen LogP contribution is -2.03. The third kappa shape index (κ3) is 2.38. The SMILES string of the molecule is Nc1cc(Cl)ccc1NCc1ncn[nH]1. The van der Waals surface area contributed by atoms with Crippen LogP contribution >= 0.6 is 11.6 Å². The number of aromatic nitrogens is 3. The van der Waals surface area contributed by atoms with Gasteiger partial charge in [0.1, 0.15) is 12.2 Å². The van der Waals surface area contributed by atoms with Crippen molar-refractivity contribution in [2.45, 2.75) is 6.54 Å². The van der Waals surface area contributed by atoms with Gasteiger partial charge in [0.2, 0.25) is 0 Å². The van der Waals surface area contributed by atoms with Gasteiger partial charge in [-0.1, -0.05) is 11.6 Å². The molecule has 0 fully saturated rings. The Hall–Kier alpha value is -1.75. The highest BCUT2D eigenvalue weighted by molar-refractivity contribution is 6.31. The van der Waals surface area contributed by atoms with Crippen LogP contribution in [0.4, 0.5) is 11.4 Å². The monoisotopic (exact) mass is 223 g/mol. The van der Waals surface area contributed by atoms with Crippen LogP contribution in [0.1, 0.15) is 5.82 Å². The van der Waals surface area contributed by atoms with E-state index in [2.05, 4.69) is 20.5 Å². The number of hydrogen-bond donors (Lipinski definition) is 3. The molecule has 1 aromatic heterocycles. The van der Waals surface area contributed by atoms with Crippen LogP contribution in [0.3, 0.4) is 0 Å². The summed E-state index contributed by atoms with van der Waals surface area (Å²) in [6, 6.07) is 5.30. The Kier molecular flexibility index (Phi) is 2.73. The third-order valence-electron chi connectivity index (χ3n) is 1.92. The third-order valence-corrected chi connectivity index (χ3v) is 2.16. The van der Waals surface area contributed by atoms with Crippen LogP contribution in [-0.4, -0.2) is 15.2 Å². The van der Waals surface area contributed by atoms with Gasteiger partial charge < -0.3 is 11.1 Å². The Labute approximate surface area is 91.7 Å². The Bertz CT molecular complexity index is 440. The lowest BCUT2D eigenvalue weighted by Gasteiger charge is -2.07. The van der Waals surface area contributed by atoms with Crippen molar-refractivity contribution >= 4 is 23.0 Å². The van der Waals surface area contributed by atoms with Gasteiger partial charge in [0.05, 0.1) is 17.9 Å². The molecular formula is C9H10ClN5. The molecular weight excluding hydrogens is 214 g/mol. The van der Waals surface area contributed by atoms with E-state index in [4.69, 9.17) is 17.3 Å². The molecule has 0 aliphatic heterocycles. The number of nitrogens with zero attached hydrogens (tertiary/aromatic N) is 2.